The van der Waals surface area contributed by atoms with Crippen LogP contribution in [0.15, 0.2) is 11.8 Å². The molecule has 1 rings (SSSR count). The van der Waals surface area contributed by atoms with Gasteiger partial charge in [0.1, 0.15) is 5.76 Å². The van der Waals surface area contributed by atoms with E-state index in [0.717, 1.165) is 25.2 Å². The summed E-state index contributed by atoms with van der Waals surface area (Å²) in [6, 6.07) is 0.424. The zero-order chi connectivity index (χ0) is 8.97. The fourth-order valence-corrected chi connectivity index (χ4v) is 1.53. The molecule has 0 aromatic heterocycles. The largest absolute Gasteiger partial charge is 0.496 e. The van der Waals surface area contributed by atoms with E-state index < -0.39 is 0 Å². The third kappa shape index (κ3) is 2.52. The molecule has 0 fully saturated rings. The molecule has 12 heavy (non-hydrogen) atoms. The Morgan fingerprint density at radius 1 is 1.58 bits per heavy atom. The lowest BCUT2D eigenvalue weighted by molar-refractivity contribution is 0.209. The van der Waals surface area contributed by atoms with Crippen molar-refractivity contribution >= 4 is 0 Å². The normalized spacial score (nSPS) is 19.2. The molecular formula is C10H19NO. The van der Waals surface area contributed by atoms with Crippen molar-refractivity contribution in [1.82, 2.24) is 5.32 Å². The van der Waals surface area contributed by atoms with E-state index in [4.69, 9.17) is 4.74 Å². The van der Waals surface area contributed by atoms with Gasteiger partial charge in [-0.15, -0.1) is 0 Å². The van der Waals surface area contributed by atoms with Gasteiger partial charge in [-0.05, 0) is 25.5 Å². The molecule has 1 aliphatic heterocycles. The third-order valence-corrected chi connectivity index (χ3v) is 2.13. The molecule has 0 aliphatic carbocycles. The van der Waals surface area contributed by atoms with Crippen LogP contribution in [0.1, 0.15) is 26.7 Å². The van der Waals surface area contributed by atoms with Gasteiger partial charge in [-0.25, -0.2) is 0 Å². The SMILES string of the molecule is CNC(CC(C)C)C1=CCCO1. The first-order chi connectivity index (χ1) is 5.74. The van der Waals surface area contributed by atoms with Crippen molar-refractivity contribution in [3.05, 3.63) is 11.8 Å². The van der Waals surface area contributed by atoms with Crippen molar-refractivity contribution in [1.29, 1.82) is 0 Å². The number of likely N-dealkylation sites (N-methyl/N-ethyl adjacent to an activating group) is 1. The molecule has 1 heterocycles. The molecule has 1 aliphatic rings. The second kappa shape index (κ2) is 4.51. The van der Waals surface area contributed by atoms with Crippen LogP contribution < -0.4 is 5.32 Å². The fraction of sp³-hybridized carbons (Fsp3) is 0.800. The molecular weight excluding hydrogens is 150 g/mol. The van der Waals surface area contributed by atoms with Gasteiger partial charge in [0.05, 0.1) is 12.6 Å². The van der Waals surface area contributed by atoms with E-state index in [1.54, 1.807) is 0 Å². The predicted molar refractivity (Wildman–Crippen MR) is 51.0 cm³/mol. The first-order valence-electron chi connectivity index (χ1n) is 4.74. The molecule has 2 heteroatoms. The maximum Gasteiger partial charge on any atom is 0.109 e. The third-order valence-electron chi connectivity index (χ3n) is 2.13. The Morgan fingerprint density at radius 3 is 2.75 bits per heavy atom. The Labute approximate surface area is 75.0 Å². The van der Waals surface area contributed by atoms with E-state index in [-0.39, 0.29) is 0 Å². The van der Waals surface area contributed by atoms with Gasteiger partial charge in [0.15, 0.2) is 0 Å². The summed E-state index contributed by atoms with van der Waals surface area (Å²) in [6.07, 6.45) is 4.43. The second-order valence-electron chi connectivity index (χ2n) is 3.71. The number of rotatable bonds is 4. The molecule has 0 radical (unpaired) electrons. The number of nitrogens with one attached hydrogen (secondary N) is 1. The lowest BCUT2D eigenvalue weighted by Crippen LogP contribution is -2.29. The number of ether oxygens (including phenoxy) is 1. The molecule has 1 unspecified atom stereocenters. The maximum absolute atomic E-state index is 5.51. The predicted octanol–water partition coefficient (Wildman–Crippen LogP) is 1.92. The maximum atomic E-state index is 5.51. The van der Waals surface area contributed by atoms with Gasteiger partial charge >= 0.3 is 0 Å². The average Bonchev–Trinajstić information content (AvgIpc) is 2.51. The zero-order valence-corrected chi connectivity index (χ0v) is 8.26. The minimum absolute atomic E-state index is 0.424. The molecule has 0 aromatic carbocycles. The quantitative estimate of drug-likeness (QED) is 0.694. The molecule has 0 spiro atoms. The topological polar surface area (TPSA) is 21.3 Å². The number of hydrogen-bond donors (Lipinski definition) is 1. The van der Waals surface area contributed by atoms with Crippen LogP contribution in [-0.2, 0) is 4.74 Å². The Morgan fingerprint density at radius 2 is 2.33 bits per heavy atom. The fourth-order valence-electron chi connectivity index (χ4n) is 1.53. The highest BCUT2D eigenvalue weighted by atomic mass is 16.5. The van der Waals surface area contributed by atoms with Gasteiger partial charge in [-0.2, -0.15) is 0 Å². The van der Waals surface area contributed by atoms with Gasteiger partial charge in [-0.1, -0.05) is 13.8 Å². The monoisotopic (exact) mass is 169 g/mol. The van der Waals surface area contributed by atoms with Gasteiger partial charge in [0.25, 0.3) is 0 Å². The molecule has 0 amide bonds. The molecule has 70 valence electrons. The summed E-state index contributed by atoms with van der Waals surface area (Å²) in [7, 11) is 2.00. The Bertz CT molecular complexity index is 163. The highest BCUT2D eigenvalue weighted by molar-refractivity contribution is 5.06. The highest BCUT2D eigenvalue weighted by Gasteiger charge is 2.17. The summed E-state index contributed by atoms with van der Waals surface area (Å²) in [4.78, 5) is 0. The lowest BCUT2D eigenvalue weighted by Gasteiger charge is -2.19. The van der Waals surface area contributed by atoms with Crippen LogP contribution in [0.25, 0.3) is 0 Å². The molecule has 2 nitrogen and oxygen atoms in total. The van der Waals surface area contributed by atoms with E-state index in [1.165, 1.54) is 0 Å². The van der Waals surface area contributed by atoms with Crippen LogP contribution in [0.5, 0.6) is 0 Å². The van der Waals surface area contributed by atoms with E-state index in [2.05, 4.69) is 25.2 Å². The van der Waals surface area contributed by atoms with Crippen molar-refractivity contribution in [2.75, 3.05) is 13.7 Å². The van der Waals surface area contributed by atoms with Crippen molar-refractivity contribution in [3.63, 3.8) is 0 Å². The van der Waals surface area contributed by atoms with Crippen LogP contribution in [0, 0.1) is 5.92 Å². The Balaban J connectivity index is 2.43. The second-order valence-corrected chi connectivity index (χ2v) is 3.71. The molecule has 0 saturated carbocycles. The van der Waals surface area contributed by atoms with E-state index in [0.29, 0.717) is 12.0 Å². The summed E-state index contributed by atoms with van der Waals surface area (Å²) in [5, 5.41) is 3.28. The summed E-state index contributed by atoms with van der Waals surface area (Å²) in [6.45, 7) is 5.34. The van der Waals surface area contributed by atoms with Crippen molar-refractivity contribution in [2.24, 2.45) is 5.92 Å². The molecule has 1 atom stereocenters. The Hall–Kier alpha value is -0.500. The van der Waals surface area contributed by atoms with Crippen molar-refractivity contribution in [2.45, 2.75) is 32.7 Å². The first kappa shape index (κ1) is 9.59. The summed E-state index contributed by atoms with van der Waals surface area (Å²) in [5.41, 5.74) is 0. The van der Waals surface area contributed by atoms with Gasteiger partial charge < -0.3 is 10.1 Å². The number of hydrogen-bond acceptors (Lipinski definition) is 2. The molecule has 0 aromatic rings. The molecule has 0 bridgehead atoms. The molecule has 1 N–H and O–H groups in total. The van der Waals surface area contributed by atoms with Crippen LogP contribution in [0.2, 0.25) is 0 Å². The summed E-state index contributed by atoms with van der Waals surface area (Å²) < 4.78 is 5.51. The van der Waals surface area contributed by atoms with Crippen molar-refractivity contribution < 1.29 is 4.74 Å². The highest BCUT2D eigenvalue weighted by Crippen LogP contribution is 2.18. The summed E-state index contributed by atoms with van der Waals surface area (Å²) >= 11 is 0. The van der Waals surface area contributed by atoms with Crippen LogP contribution in [-0.4, -0.2) is 19.7 Å². The van der Waals surface area contributed by atoms with Crippen molar-refractivity contribution in [3.8, 4) is 0 Å². The van der Waals surface area contributed by atoms with Gasteiger partial charge in [-0.3, -0.25) is 0 Å². The van der Waals surface area contributed by atoms with Crippen LogP contribution >= 0.6 is 0 Å². The average molecular weight is 169 g/mol. The zero-order valence-electron chi connectivity index (χ0n) is 8.26. The smallest absolute Gasteiger partial charge is 0.109 e. The van der Waals surface area contributed by atoms with Gasteiger partial charge in [0.2, 0.25) is 0 Å². The standard InChI is InChI=1S/C10H19NO/c1-8(2)7-9(11-3)10-5-4-6-12-10/h5,8-9,11H,4,6-7H2,1-3H3. The molecule has 0 saturated heterocycles. The van der Waals surface area contributed by atoms with E-state index >= 15 is 0 Å². The minimum atomic E-state index is 0.424. The minimum Gasteiger partial charge on any atom is -0.496 e. The van der Waals surface area contributed by atoms with E-state index in [9.17, 15) is 0 Å². The van der Waals surface area contributed by atoms with Crippen LogP contribution in [0.4, 0.5) is 0 Å². The van der Waals surface area contributed by atoms with E-state index in [1.807, 2.05) is 7.05 Å². The lowest BCUT2D eigenvalue weighted by atomic mass is 10.0. The summed E-state index contributed by atoms with van der Waals surface area (Å²) in [5.74, 6) is 1.86. The Kier molecular flexibility index (Phi) is 3.60. The van der Waals surface area contributed by atoms with Crippen LogP contribution in [0.3, 0.4) is 0 Å². The first-order valence-corrected chi connectivity index (χ1v) is 4.74. The van der Waals surface area contributed by atoms with Gasteiger partial charge in [0, 0.05) is 6.42 Å².